The Kier molecular flexibility index (Phi) is 8.19. The fourth-order valence-corrected chi connectivity index (χ4v) is 4.93. The summed E-state index contributed by atoms with van der Waals surface area (Å²) in [6, 6.07) is 0. The van der Waals surface area contributed by atoms with E-state index in [9.17, 15) is 14.7 Å². The summed E-state index contributed by atoms with van der Waals surface area (Å²) in [7, 11) is 0. The molecule has 2 saturated heterocycles. The predicted molar refractivity (Wildman–Crippen MR) is 120 cm³/mol. The molecule has 32 heavy (non-hydrogen) atoms. The van der Waals surface area contributed by atoms with E-state index in [2.05, 4.69) is 20.8 Å². The Morgan fingerprint density at radius 2 is 1.47 bits per heavy atom. The molecule has 2 heterocycles. The Morgan fingerprint density at radius 3 is 2.03 bits per heavy atom. The van der Waals surface area contributed by atoms with Crippen LogP contribution in [0.5, 0.6) is 0 Å². The summed E-state index contributed by atoms with van der Waals surface area (Å²) in [5, 5.41) is 11.3. The number of ether oxygens (including phenoxy) is 4. The van der Waals surface area contributed by atoms with Crippen molar-refractivity contribution in [2.45, 2.75) is 134 Å². The van der Waals surface area contributed by atoms with E-state index in [0.29, 0.717) is 57.8 Å². The molecule has 0 spiro atoms. The van der Waals surface area contributed by atoms with Crippen molar-refractivity contribution in [1.82, 2.24) is 0 Å². The molecule has 2 aliphatic heterocycles. The molecule has 1 N–H and O–H groups in total. The number of ketones is 2. The van der Waals surface area contributed by atoms with Crippen LogP contribution in [-0.2, 0) is 28.5 Å². The number of carbonyl (C=O) groups excluding carboxylic acids is 2. The second-order valence-corrected chi connectivity index (χ2v) is 10.9. The lowest BCUT2D eigenvalue weighted by Crippen LogP contribution is -2.47. The highest BCUT2D eigenvalue weighted by Gasteiger charge is 2.55. The van der Waals surface area contributed by atoms with Crippen LogP contribution in [0.1, 0.15) is 92.4 Å². The van der Waals surface area contributed by atoms with Gasteiger partial charge in [-0.05, 0) is 73.1 Å². The molecule has 0 aromatic rings. The van der Waals surface area contributed by atoms with Crippen LogP contribution >= 0.6 is 0 Å². The molecule has 3 fully saturated rings. The minimum atomic E-state index is -0.824. The van der Waals surface area contributed by atoms with Crippen LogP contribution in [-0.4, -0.2) is 71.1 Å². The smallest absolute Gasteiger partial charge is 0.132 e. The molecule has 3 aliphatic rings. The van der Waals surface area contributed by atoms with Crippen molar-refractivity contribution in [1.29, 1.82) is 0 Å². The number of Topliss-reactive ketones (excluding diaryl/α,β-unsaturated/α-hetero) is 2. The number of hydrogen-bond acceptors (Lipinski definition) is 7. The Hall–Kier alpha value is -0.860. The summed E-state index contributed by atoms with van der Waals surface area (Å²) < 4.78 is 23.6. The zero-order valence-electron chi connectivity index (χ0n) is 20.5. The first-order valence-electron chi connectivity index (χ1n) is 12.2. The summed E-state index contributed by atoms with van der Waals surface area (Å²) in [5.74, 6) is 0.172. The van der Waals surface area contributed by atoms with Gasteiger partial charge in [0.05, 0.1) is 54.4 Å². The van der Waals surface area contributed by atoms with Gasteiger partial charge in [-0.2, -0.15) is 0 Å². The first-order chi connectivity index (χ1) is 14.9. The van der Waals surface area contributed by atoms with Gasteiger partial charge in [0.15, 0.2) is 0 Å². The molecule has 0 aromatic heterocycles. The van der Waals surface area contributed by atoms with E-state index in [1.165, 1.54) is 0 Å². The van der Waals surface area contributed by atoms with Gasteiger partial charge in [-0.3, -0.25) is 9.59 Å². The lowest BCUT2D eigenvalue weighted by Gasteiger charge is -2.41. The quantitative estimate of drug-likeness (QED) is 0.401. The topological polar surface area (TPSA) is 97.9 Å². The lowest BCUT2D eigenvalue weighted by molar-refractivity contribution is -0.150. The van der Waals surface area contributed by atoms with Crippen LogP contribution in [0.3, 0.4) is 0 Å². The highest BCUT2D eigenvalue weighted by atomic mass is 16.6. The Labute approximate surface area is 192 Å². The summed E-state index contributed by atoms with van der Waals surface area (Å²) in [5.41, 5.74) is -0.920. The van der Waals surface area contributed by atoms with E-state index < -0.39 is 5.60 Å². The molecule has 7 nitrogen and oxygen atoms in total. The van der Waals surface area contributed by atoms with E-state index >= 15 is 0 Å². The zero-order valence-corrected chi connectivity index (χ0v) is 20.5. The van der Waals surface area contributed by atoms with Gasteiger partial charge in [0.1, 0.15) is 11.6 Å². The monoisotopic (exact) mass is 454 g/mol. The summed E-state index contributed by atoms with van der Waals surface area (Å²) in [4.78, 5) is 22.5. The van der Waals surface area contributed by atoms with Crippen molar-refractivity contribution < 1.29 is 33.6 Å². The molecular formula is C25H42O7. The van der Waals surface area contributed by atoms with Gasteiger partial charge in [0, 0.05) is 19.3 Å². The van der Waals surface area contributed by atoms with Gasteiger partial charge in [-0.25, -0.2) is 0 Å². The fraction of sp³-hybridized carbons (Fsp3) is 0.920. The maximum atomic E-state index is 11.3. The molecule has 1 saturated carbocycles. The van der Waals surface area contributed by atoms with Crippen LogP contribution in [0.15, 0.2) is 0 Å². The van der Waals surface area contributed by atoms with Gasteiger partial charge < -0.3 is 24.1 Å². The maximum absolute atomic E-state index is 11.3. The van der Waals surface area contributed by atoms with E-state index in [0.717, 1.165) is 19.3 Å². The molecule has 0 radical (unpaired) electrons. The van der Waals surface area contributed by atoms with Crippen molar-refractivity contribution in [3.8, 4) is 0 Å². The van der Waals surface area contributed by atoms with Crippen LogP contribution in [0.4, 0.5) is 0 Å². The third kappa shape index (κ3) is 7.32. The SMILES string of the molecule is CC(=O)CCOC1CCC(O)(CCC2OC2(C)CCC2OC2(C)C)CC1OCCC(C)=O. The number of hydrogen-bond donors (Lipinski definition) is 1. The zero-order chi connectivity index (χ0) is 23.6. The molecule has 0 amide bonds. The highest BCUT2D eigenvalue weighted by molar-refractivity contribution is 5.75. The number of carbonyl (C=O) groups is 2. The molecular weight excluding hydrogens is 412 g/mol. The molecule has 0 bridgehead atoms. The van der Waals surface area contributed by atoms with Crippen LogP contribution in [0.25, 0.3) is 0 Å². The third-order valence-corrected chi connectivity index (χ3v) is 7.44. The Morgan fingerprint density at radius 1 is 0.906 bits per heavy atom. The molecule has 1 aliphatic carbocycles. The van der Waals surface area contributed by atoms with E-state index in [1.807, 2.05) is 0 Å². The molecule has 184 valence electrons. The normalized spacial score (nSPS) is 37.8. The average Bonchev–Trinajstić information content (AvgIpc) is 3.54. The highest BCUT2D eigenvalue weighted by Crippen LogP contribution is 2.48. The number of epoxide rings is 2. The molecule has 3 rings (SSSR count). The number of aliphatic hydroxyl groups is 1. The first kappa shape index (κ1) is 25.8. The second-order valence-electron chi connectivity index (χ2n) is 10.9. The molecule has 7 heteroatoms. The predicted octanol–water partition coefficient (Wildman–Crippen LogP) is 3.53. The first-order valence-corrected chi connectivity index (χ1v) is 12.2. The van der Waals surface area contributed by atoms with Crippen LogP contribution in [0.2, 0.25) is 0 Å². The van der Waals surface area contributed by atoms with Crippen molar-refractivity contribution in [3.05, 3.63) is 0 Å². The van der Waals surface area contributed by atoms with E-state index in [4.69, 9.17) is 18.9 Å². The standard InChI is InChI=1S/C25H42O7/c1-17(26)9-14-29-19-6-12-25(28,16-20(19)30-15-10-18(2)27)13-8-22-24(5,32-22)11-7-21-23(3,4)31-21/h19-22,28H,6-16H2,1-5H3. The molecule has 6 unspecified atom stereocenters. The minimum Gasteiger partial charge on any atom is -0.390 e. The van der Waals surface area contributed by atoms with Gasteiger partial charge in [0.25, 0.3) is 0 Å². The Balaban J connectivity index is 1.45. The van der Waals surface area contributed by atoms with E-state index in [1.54, 1.807) is 13.8 Å². The average molecular weight is 455 g/mol. The van der Waals surface area contributed by atoms with Crippen LogP contribution < -0.4 is 0 Å². The molecule has 6 atom stereocenters. The van der Waals surface area contributed by atoms with Gasteiger partial charge >= 0.3 is 0 Å². The number of rotatable bonds is 14. The van der Waals surface area contributed by atoms with E-state index in [-0.39, 0.29) is 41.1 Å². The van der Waals surface area contributed by atoms with Crippen molar-refractivity contribution >= 4 is 11.6 Å². The fourth-order valence-electron chi connectivity index (χ4n) is 4.93. The summed E-state index contributed by atoms with van der Waals surface area (Å²) >= 11 is 0. The van der Waals surface area contributed by atoms with Gasteiger partial charge in [-0.1, -0.05) is 0 Å². The Bertz CT molecular complexity index is 677. The van der Waals surface area contributed by atoms with Crippen molar-refractivity contribution in [2.75, 3.05) is 13.2 Å². The van der Waals surface area contributed by atoms with Crippen molar-refractivity contribution in [3.63, 3.8) is 0 Å². The van der Waals surface area contributed by atoms with Gasteiger partial charge in [0.2, 0.25) is 0 Å². The summed E-state index contributed by atoms with van der Waals surface area (Å²) in [6.45, 7) is 10.2. The van der Waals surface area contributed by atoms with Gasteiger partial charge in [-0.15, -0.1) is 0 Å². The lowest BCUT2D eigenvalue weighted by atomic mass is 9.77. The largest absolute Gasteiger partial charge is 0.390 e. The minimum absolute atomic E-state index is 0.0123. The van der Waals surface area contributed by atoms with Crippen molar-refractivity contribution in [2.24, 2.45) is 0 Å². The molecule has 0 aromatic carbocycles. The maximum Gasteiger partial charge on any atom is 0.132 e. The summed E-state index contributed by atoms with van der Waals surface area (Å²) in [6.07, 6.45) is 6.05. The van der Waals surface area contributed by atoms with Crippen LogP contribution in [0, 0.1) is 0 Å². The third-order valence-electron chi connectivity index (χ3n) is 7.44. The second kappa shape index (κ2) is 10.2.